The first-order valence-corrected chi connectivity index (χ1v) is 11.8. The number of urea groups is 1. The van der Waals surface area contributed by atoms with Crippen LogP contribution in [0.4, 0.5) is 4.79 Å². The average Bonchev–Trinajstić information content (AvgIpc) is 3.47. The van der Waals surface area contributed by atoms with Crippen LogP contribution in [0, 0.1) is 0 Å². The molecule has 2 atom stereocenters. The normalized spacial score (nSPS) is 16.6. The van der Waals surface area contributed by atoms with E-state index >= 15 is 0 Å². The summed E-state index contributed by atoms with van der Waals surface area (Å²) in [5.74, 6) is -0.264. The third-order valence-electron chi connectivity index (χ3n) is 6.10. The minimum Gasteiger partial charge on any atom is -0.488 e. The smallest absolute Gasteiger partial charge is 0.321 e. The highest BCUT2D eigenvalue weighted by Crippen LogP contribution is 2.34. The Kier molecular flexibility index (Phi) is 7.42. The number of nitrogens with one attached hydrogen (secondary N) is 2. The summed E-state index contributed by atoms with van der Waals surface area (Å²) in [6, 6.07) is 13.3. The summed E-state index contributed by atoms with van der Waals surface area (Å²) in [5.41, 5.74) is 1.86. The third-order valence-corrected chi connectivity index (χ3v) is 6.55. The van der Waals surface area contributed by atoms with E-state index in [1.807, 2.05) is 31.2 Å². The molecule has 2 heterocycles. The Bertz CT molecular complexity index is 1160. The number of aromatic nitrogens is 2. The number of methoxy groups -OCH3 is 1. The first kappa shape index (κ1) is 23.7. The molecule has 0 aliphatic carbocycles. The molecular formula is C25H29N5O3S. The lowest BCUT2D eigenvalue weighted by molar-refractivity contribution is -0.122. The van der Waals surface area contributed by atoms with Crippen LogP contribution in [-0.4, -0.2) is 63.0 Å². The number of aromatic amines is 1. The van der Waals surface area contributed by atoms with Gasteiger partial charge >= 0.3 is 6.03 Å². The number of nitrogens with zero attached hydrogens (tertiary/aromatic N) is 3. The van der Waals surface area contributed by atoms with E-state index in [-0.39, 0.29) is 30.6 Å². The lowest BCUT2D eigenvalue weighted by Gasteiger charge is -2.25. The van der Waals surface area contributed by atoms with E-state index in [1.54, 1.807) is 22.3 Å². The quantitative estimate of drug-likeness (QED) is 0.456. The van der Waals surface area contributed by atoms with Gasteiger partial charge < -0.3 is 24.8 Å². The molecule has 0 radical (unpaired) electrons. The number of thiocarbonyl (C=S) groups is 1. The van der Waals surface area contributed by atoms with Gasteiger partial charge in [0.15, 0.2) is 5.05 Å². The van der Waals surface area contributed by atoms with E-state index in [2.05, 4.69) is 33.5 Å². The van der Waals surface area contributed by atoms with E-state index in [0.29, 0.717) is 24.6 Å². The van der Waals surface area contributed by atoms with E-state index < -0.39 is 0 Å². The van der Waals surface area contributed by atoms with Crippen LogP contribution < -0.4 is 5.32 Å². The first-order chi connectivity index (χ1) is 16.5. The van der Waals surface area contributed by atoms with Gasteiger partial charge in [-0.2, -0.15) is 0 Å². The molecule has 3 aromatic rings. The molecule has 1 aromatic heterocycles. The first-order valence-electron chi connectivity index (χ1n) is 11.4. The van der Waals surface area contributed by atoms with Crippen molar-refractivity contribution in [3.8, 4) is 0 Å². The summed E-state index contributed by atoms with van der Waals surface area (Å²) in [6.45, 7) is 2.81. The Hall–Kier alpha value is -3.46. The van der Waals surface area contributed by atoms with Gasteiger partial charge in [-0.1, -0.05) is 55.8 Å². The number of benzene rings is 2. The molecule has 1 aliphatic rings. The summed E-state index contributed by atoms with van der Waals surface area (Å²) < 4.78 is 5.19. The predicted octanol–water partition coefficient (Wildman–Crippen LogP) is 3.80. The zero-order chi connectivity index (χ0) is 24.1. The summed E-state index contributed by atoms with van der Waals surface area (Å²) in [7, 11) is 1.50. The predicted molar refractivity (Wildman–Crippen MR) is 134 cm³/mol. The van der Waals surface area contributed by atoms with Gasteiger partial charge in [-0.05, 0) is 35.0 Å². The fraction of sp³-hybridized carbons (Fsp3) is 0.360. The van der Waals surface area contributed by atoms with Crippen molar-refractivity contribution < 1.29 is 14.3 Å². The van der Waals surface area contributed by atoms with Crippen molar-refractivity contribution in [2.75, 3.05) is 20.2 Å². The molecule has 34 heavy (non-hydrogen) atoms. The second-order valence-electron chi connectivity index (χ2n) is 8.38. The maximum atomic E-state index is 13.5. The van der Waals surface area contributed by atoms with E-state index in [4.69, 9.17) is 17.0 Å². The van der Waals surface area contributed by atoms with Crippen molar-refractivity contribution in [2.45, 2.75) is 38.4 Å². The molecule has 2 unspecified atom stereocenters. The Balaban J connectivity index is 1.61. The highest BCUT2D eigenvalue weighted by Gasteiger charge is 2.40. The van der Waals surface area contributed by atoms with Crippen molar-refractivity contribution in [1.29, 1.82) is 0 Å². The topological polar surface area (TPSA) is 90.6 Å². The van der Waals surface area contributed by atoms with Crippen LogP contribution in [0.15, 0.2) is 55.0 Å². The molecule has 178 valence electrons. The van der Waals surface area contributed by atoms with Gasteiger partial charge in [0.05, 0.1) is 37.8 Å². The average molecular weight is 480 g/mol. The van der Waals surface area contributed by atoms with Gasteiger partial charge in [-0.3, -0.25) is 4.79 Å². The standard InChI is InChI=1S/C25H29N5O3S/c1-3-7-21(24(34)33-2)28-23(31)15-30-22(14-29(25(30)32)13-18-12-26-16-27-18)20-11-6-9-17-8-4-5-10-19(17)20/h4-6,8-12,16,21-22H,3,7,13-15H2,1-2H3,(H,26,27)(H,28,31). The number of rotatable bonds is 9. The minimum absolute atomic E-state index is 0.0707. The molecule has 0 saturated carbocycles. The van der Waals surface area contributed by atoms with Gasteiger partial charge in [-0.15, -0.1) is 0 Å². The van der Waals surface area contributed by atoms with Crippen molar-refractivity contribution in [1.82, 2.24) is 25.1 Å². The molecule has 1 aliphatic heterocycles. The molecule has 1 saturated heterocycles. The van der Waals surface area contributed by atoms with E-state index in [1.165, 1.54) is 7.11 Å². The van der Waals surface area contributed by atoms with Crippen molar-refractivity contribution in [3.63, 3.8) is 0 Å². The van der Waals surface area contributed by atoms with Crippen LogP contribution in [0.25, 0.3) is 10.8 Å². The van der Waals surface area contributed by atoms with E-state index in [9.17, 15) is 9.59 Å². The fourth-order valence-corrected chi connectivity index (χ4v) is 4.65. The molecular weight excluding hydrogens is 450 g/mol. The highest BCUT2D eigenvalue weighted by atomic mass is 32.1. The van der Waals surface area contributed by atoms with Crippen LogP contribution in [0.5, 0.6) is 0 Å². The molecule has 3 amide bonds. The monoisotopic (exact) mass is 479 g/mol. The maximum Gasteiger partial charge on any atom is 0.321 e. The largest absolute Gasteiger partial charge is 0.488 e. The van der Waals surface area contributed by atoms with Crippen LogP contribution in [0.2, 0.25) is 0 Å². The second kappa shape index (κ2) is 10.6. The molecule has 2 aromatic carbocycles. The fourth-order valence-electron chi connectivity index (χ4n) is 4.47. The van der Waals surface area contributed by atoms with Crippen LogP contribution in [0.1, 0.15) is 37.1 Å². The zero-order valence-electron chi connectivity index (χ0n) is 19.4. The number of imidazole rings is 1. The molecule has 0 spiro atoms. The Morgan fingerprint density at radius 1 is 1.29 bits per heavy atom. The summed E-state index contributed by atoms with van der Waals surface area (Å²) in [4.78, 5) is 37.0. The number of amides is 3. The zero-order valence-corrected chi connectivity index (χ0v) is 20.2. The van der Waals surface area contributed by atoms with Crippen LogP contribution >= 0.6 is 12.2 Å². The van der Waals surface area contributed by atoms with Gasteiger partial charge in [0.2, 0.25) is 5.91 Å². The number of hydrogen-bond donors (Lipinski definition) is 2. The Labute approximate surface area is 204 Å². The summed E-state index contributed by atoms with van der Waals surface area (Å²) in [5, 5.41) is 5.46. The lowest BCUT2D eigenvalue weighted by Crippen LogP contribution is -2.46. The van der Waals surface area contributed by atoms with Crippen molar-refractivity contribution in [3.05, 3.63) is 66.2 Å². The molecule has 1 fully saturated rings. The van der Waals surface area contributed by atoms with Gasteiger partial charge in [0.1, 0.15) is 6.54 Å². The molecule has 9 heteroatoms. The molecule has 4 rings (SSSR count). The number of carbonyl (C=O) groups is 2. The third kappa shape index (κ3) is 5.04. The molecule has 0 bridgehead atoms. The number of carbonyl (C=O) groups excluding carboxylic acids is 2. The van der Waals surface area contributed by atoms with Crippen molar-refractivity contribution >= 4 is 40.0 Å². The number of ether oxygens (including phenoxy) is 1. The van der Waals surface area contributed by atoms with Crippen LogP contribution in [-0.2, 0) is 16.1 Å². The van der Waals surface area contributed by atoms with Gasteiger partial charge in [0, 0.05) is 12.7 Å². The van der Waals surface area contributed by atoms with Gasteiger partial charge in [-0.25, -0.2) is 9.78 Å². The van der Waals surface area contributed by atoms with Crippen LogP contribution in [0.3, 0.4) is 0 Å². The van der Waals surface area contributed by atoms with Gasteiger partial charge in [0.25, 0.3) is 0 Å². The summed E-state index contributed by atoms with van der Waals surface area (Å²) >= 11 is 5.27. The highest BCUT2D eigenvalue weighted by molar-refractivity contribution is 7.80. The molecule has 8 nitrogen and oxygen atoms in total. The summed E-state index contributed by atoms with van der Waals surface area (Å²) in [6.07, 6.45) is 4.81. The van der Waals surface area contributed by atoms with Crippen molar-refractivity contribution in [2.24, 2.45) is 0 Å². The minimum atomic E-state index is -0.368. The second-order valence-corrected chi connectivity index (χ2v) is 8.79. The number of hydrogen-bond acceptors (Lipinski definition) is 5. The number of fused-ring (bicyclic) bond motifs is 1. The maximum absolute atomic E-state index is 13.5. The van der Waals surface area contributed by atoms with E-state index in [0.717, 1.165) is 28.5 Å². The Morgan fingerprint density at radius 3 is 2.82 bits per heavy atom. The SMILES string of the molecule is CCCC(NC(=O)CN1C(=O)N(Cc2cnc[nH]2)CC1c1cccc2ccccc12)C(=S)OC. The Morgan fingerprint density at radius 2 is 2.09 bits per heavy atom. The molecule has 2 N–H and O–H groups in total. The number of H-pyrrole nitrogens is 1. The lowest BCUT2D eigenvalue weighted by atomic mass is 9.98.